The number of amides is 2. The molecule has 1 fully saturated rings. The molecule has 2 atom stereocenters. The number of carbonyl (C=O) groups excluding carboxylic acids is 2. The number of aromatic nitrogens is 1. The summed E-state index contributed by atoms with van der Waals surface area (Å²) in [6, 6.07) is 11.8. The first-order valence-corrected chi connectivity index (χ1v) is 11.6. The molecule has 2 amide bonds. The fourth-order valence-electron chi connectivity index (χ4n) is 4.21. The summed E-state index contributed by atoms with van der Waals surface area (Å²) in [5, 5.41) is 12.2. The van der Waals surface area contributed by atoms with Crippen LogP contribution < -0.4 is 10.1 Å². The summed E-state index contributed by atoms with van der Waals surface area (Å²) in [6.07, 6.45) is 3.74. The fourth-order valence-corrected chi connectivity index (χ4v) is 5.14. The standard InChI is InChI=1S/C24H21N3O6S/c28-22(27-13-14(9-16(27)24(30)31)10-21-25-7-8-32-21)12-26-23(29)15-5-6-20-18(11-15)33-17-3-1-2-4-19(17)34-20/h1-8,11,14,16H,9-10,12-13H2,(H,26,29)(H,30,31)/t14-,16-/m0/s1. The summed E-state index contributed by atoms with van der Waals surface area (Å²) < 4.78 is 11.2. The number of nitrogens with one attached hydrogen (secondary N) is 1. The largest absolute Gasteiger partial charge is 0.480 e. The van der Waals surface area contributed by atoms with Crippen LogP contribution in [0, 0.1) is 5.92 Å². The highest BCUT2D eigenvalue weighted by Gasteiger charge is 2.40. The Bertz CT molecular complexity index is 1250. The van der Waals surface area contributed by atoms with Gasteiger partial charge in [-0.3, -0.25) is 9.59 Å². The van der Waals surface area contributed by atoms with Gasteiger partial charge in [-0.05, 0) is 42.7 Å². The van der Waals surface area contributed by atoms with Crippen LogP contribution in [0.15, 0.2) is 69.1 Å². The lowest BCUT2D eigenvalue weighted by molar-refractivity contribution is -0.147. The Morgan fingerprint density at radius 1 is 1.15 bits per heavy atom. The van der Waals surface area contributed by atoms with Crippen LogP contribution in [-0.4, -0.2) is 51.9 Å². The second-order valence-corrected chi connectivity index (χ2v) is 9.21. The Morgan fingerprint density at radius 3 is 2.76 bits per heavy atom. The molecule has 0 spiro atoms. The van der Waals surface area contributed by atoms with E-state index in [-0.39, 0.29) is 19.0 Å². The van der Waals surface area contributed by atoms with Gasteiger partial charge in [-0.1, -0.05) is 23.9 Å². The number of likely N-dealkylation sites (tertiary alicyclic amines) is 1. The summed E-state index contributed by atoms with van der Waals surface area (Å²) in [7, 11) is 0. The zero-order valence-corrected chi connectivity index (χ0v) is 18.8. The predicted octanol–water partition coefficient (Wildman–Crippen LogP) is 3.21. The van der Waals surface area contributed by atoms with Crippen molar-refractivity contribution in [3.05, 3.63) is 66.4 Å². The van der Waals surface area contributed by atoms with Crippen molar-refractivity contribution in [2.45, 2.75) is 28.7 Å². The molecule has 3 aromatic rings. The lowest BCUT2D eigenvalue weighted by atomic mass is 10.0. The van der Waals surface area contributed by atoms with E-state index in [1.807, 2.05) is 24.3 Å². The van der Waals surface area contributed by atoms with Gasteiger partial charge in [0.2, 0.25) is 5.91 Å². The molecule has 0 saturated carbocycles. The monoisotopic (exact) mass is 479 g/mol. The van der Waals surface area contributed by atoms with Crippen molar-refractivity contribution in [2.75, 3.05) is 13.1 Å². The number of nitrogens with zero attached hydrogens (tertiary/aromatic N) is 2. The first-order chi connectivity index (χ1) is 16.5. The molecule has 10 heteroatoms. The van der Waals surface area contributed by atoms with E-state index in [2.05, 4.69) is 10.3 Å². The van der Waals surface area contributed by atoms with Crippen molar-refractivity contribution in [3.8, 4) is 11.5 Å². The number of benzene rings is 2. The highest BCUT2D eigenvalue weighted by atomic mass is 32.2. The summed E-state index contributed by atoms with van der Waals surface area (Å²) in [5.41, 5.74) is 0.351. The number of oxazole rings is 1. The smallest absolute Gasteiger partial charge is 0.326 e. The molecule has 34 heavy (non-hydrogen) atoms. The number of fused-ring (bicyclic) bond motifs is 2. The average Bonchev–Trinajstić information content (AvgIpc) is 3.51. The lowest BCUT2D eigenvalue weighted by Gasteiger charge is -2.22. The molecule has 2 aromatic carbocycles. The SMILES string of the molecule is O=C(NCC(=O)N1C[C@H](Cc2ncco2)C[C@H]1C(=O)O)c1ccc2c(c1)Oc1ccccc1S2. The number of hydrogen-bond acceptors (Lipinski definition) is 7. The zero-order chi connectivity index (χ0) is 23.7. The van der Waals surface area contributed by atoms with Gasteiger partial charge in [0.1, 0.15) is 23.8 Å². The Kier molecular flexibility index (Phi) is 5.97. The highest BCUT2D eigenvalue weighted by molar-refractivity contribution is 7.99. The first-order valence-electron chi connectivity index (χ1n) is 10.8. The number of rotatable bonds is 6. The van der Waals surface area contributed by atoms with Crippen molar-refractivity contribution in [3.63, 3.8) is 0 Å². The van der Waals surface area contributed by atoms with Gasteiger partial charge in [0.05, 0.1) is 22.5 Å². The van der Waals surface area contributed by atoms with Gasteiger partial charge < -0.3 is 24.5 Å². The number of para-hydroxylation sites is 1. The molecule has 1 aromatic heterocycles. The minimum atomic E-state index is -1.07. The topological polar surface area (TPSA) is 122 Å². The Balaban J connectivity index is 1.21. The maximum atomic E-state index is 12.8. The number of carboxylic acids is 1. The molecule has 174 valence electrons. The van der Waals surface area contributed by atoms with Crippen LogP contribution in [0.1, 0.15) is 22.7 Å². The number of carbonyl (C=O) groups is 3. The lowest BCUT2D eigenvalue weighted by Crippen LogP contribution is -2.45. The summed E-state index contributed by atoms with van der Waals surface area (Å²) in [6.45, 7) is -0.0404. The van der Waals surface area contributed by atoms with E-state index in [4.69, 9.17) is 9.15 Å². The van der Waals surface area contributed by atoms with Crippen LogP contribution >= 0.6 is 11.8 Å². The van der Waals surface area contributed by atoms with E-state index < -0.39 is 23.8 Å². The molecular formula is C24H21N3O6S. The molecule has 3 heterocycles. The molecule has 2 aliphatic rings. The first kappa shape index (κ1) is 22.0. The number of carboxylic acid groups (broad SMARTS) is 1. The van der Waals surface area contributed by atoms with Crippen molar-refractivity contribution < 1.29 is 28.6 Å². The van der Waals surface area contributed by atoms with E-state index in [1.165, 1.54) is 17.4 Å². The van der Waals surface area contributed by atoms with Gasteiger partial charge in [-0.25, -0.2) is 9.78 Å². The van der Waals surface area contributed by atoms with Crippen molar-refractivity contribution >= 4 is 29.5 Å². The van der Waals surface area contributed by atoms with Gasteiger partial charge in [0.15, 0.2) is 5.89 Å². The van der Waals surface area contributed by atoms with Crippen LogP contribution in [0.25, 0.3) is 0 Å². The maximum absolute atomic E-state index is 12.8. The second-order valence-electron chi connectivity index (χ2n) is 8.13. The van der Waals surface area contributed by atoms with E-state index in [1.54, 1.807) is 30.0 Å². The average molecular weight is 480 g/mol. The van der Waals surface area contributed by atoms with E-state index in [0.29, 0.717) is 30.0 Å². The zero-order valence-electron chi connectivity index (χ0n) is 18.0. The Morgan fingerprint density at radius 2 is 1.97 bits per heavy atom. The van der Waals surface area contributed by atoms with E-state index in [9.17, 15) is 19.5 Å². The molecule has 5 rings (SSSR count). The molecule has 0 radical (unpaired) electrons. The molecule has 2 N–H and O–H groups in total. The van der Waals surface area contributed by atoms with E-state index >= 15 is 0 Å². The van der Waals surface area contributed by atoms with Crippen LogP contribution in [0.5, 0.6) is 11.5 Å². The third kappa shape index (κ3) is 4.49. The quantitative estimate of drug-likeness (QED) is 0.432. The van der Waals surface area contributed by atoms with Gasteiger partial charge in [-0.15, -0.1) is 0 Å². The van der Waals surface area contributed by atoms with Gasteiger partial charge >= 0.3 is 5.97 Å². The molecule has 2 aliphatic heterocycles. The molecule has 0 aliphatic carbocycles. The van der Waals surface area contributed by atoms with Crippen LogP contribution in [-0.2, 0) is 16.0 Å². The minimum Gasteiger partial charge on any atom is -0.480 e. The van der Waals surface area contributed by atoms with Gasteiger partial charge in [-0.2, -0.15) is 0 Å². The van der Waals surface area contributed by atoms with Crippen LogP contribution in [0.2, 0.25) is 0 Å². The third-order valence-electron chi connectivity index (χ3n) is 5.83. The Hall–Kier alpha value is -3.79. The summed E-state index contributed by atoms with van der Waals surface area (Å²) in [4.78, 5) is 44.5. The molecule has 9 nitrogen and oxygen atoms in total. The third-order valence-corrected chi connectivity index (χ3v) is 6.95. The molecule has 1 saturated heterocycles. The summed E-state index contributed by atoms with van der Waals surface area (Å²) in [5.74, 6) is -0.243. The number of hydrogen-bond donors (Lipinski definition) is 2. The number of aliphatic carboxylic acids is 1. The maximum Gasteiger partial charge on any atom is 0.326 e. The Labute approximate surface area is 199 Å². The van der Waals surface area contributed by atoms with Gasteiger partial charge in [0.25, 0.3) is 5.91 Å². The number of ether oxygens (including phenoxy) is 1. The molecule has 0 unspecified atom stereocenters. The van der Waals surface area contributed by atoms with Crippen molar-refractivity contribution in [2.24, 2.45) is 5.92 Å². The van der Waals surface area contributed by atoms with E-state index in [0.717, 1.165) is 15.5 Å². The fraction of sp³-hybridized carbons (Fsp3) is 0.250. The highest BCUT2D eigenvalue weighted by Crippen LogP contribution is 2.46. The van der Waals surface area contributed by atoms with Crippen molar-refractivity contribution in [1.29, 1.82) is 0 Å². The molecular weight excluding hydrogens is 458 g/mol. The van der Waals surface area contributed by atoms with Gasteiger partial charge in [0, 0.05) is 18.5 Å². The van der Waals surface area contributed by atoms with Crippen molar-refractivity contribution in [1.82, 2.24) is 15.2 Å². The normalized spacial score (nSPS) is 18.5. The van der Waals surface area contributed by atoms with Crippen LogP contribution in [0.4, 0.5) is 0 Å². The molecule has 0 bridgehead atoms. The summed E-state index contributed by atoms with van der Waals surface area (Å²) >= 11 is 1.56. The minimum absolute atomic E-state index is 0.0856. The van der Waals surface area contributed by atoms with Crippen LogP contribution in [0.3, 0.4) is 0 Å². The second kappa shape index (κ2) is 9.22. The predicted molar refractivity (Wildman–Crippen MR) is 121 cm³/mol.